The lowest BCUT2D eigenvalue weighted by atomic mass is 10.2. The van der Waals surface area contributed by atoms with Gasteiger partial charge in [-0.05, 0) is 42.8 Å². The first-order valence-corrected chi connectivity index (χ1v) is 11.5. The number of amides is 1. The molecule has 3 rings (SSSR count). The van der Waals surface area contributed by atoms with Crippen molar-refractivity contribution in [2.45, 2.75) is 17.0 Å². The number of nitrogens with zero attached hydrogens (tertiary/aromatic N) is 3. The van der Waals surface area contributed by atoms with E-state index in [9.17, 15) is 13.2 Å². The molecule has 1 amide bonds. The molecule has 9 heteroatoms. The molecule has 1 heterocycles. The van der Waals surface area contributed by atoms with E-state index in [1.54, 1.807) is 30.5 Å². The molecule has 2 aromatic carbocycles. The zero-order valence-corrected chi connectivity index (χ0v) is 18.0. The molecule has 0 aliphatic carbocycles. The van der Waals surface area contributed by atoms with Gasteiger partial charge >= 0.3 is 0 Å². The molecule has 152 valence electrons. The van der Waals surface area contributed by atoms with Gasteiger partial charge < -0.3 is 9.88 Å². The maximum Gasteiger partial charge on any atom is 0.245 e. The summed E-state index contributed by atoms with van der Waals surface area (Å²) in [7, 11) is -1.69. The van der Waals surface area contributed by atoms with Gasteiger partial charge in [0.1, 0.15) is 6.54 Å². The number of nitrogens with one attached hydrogen (secondary N) is 1. The minimum Gasteiger partial charge on any atom is -0.329 e. The lowest BCUT2D eigenvalue weighted by Gasteiger charge is -2.23. The van der Waals surface area contributed by atoms with E-state index in [0.29, 0.717) is 11.4 Å². The third kappa shape index (κ3) is 5.39. The van der Waals surface area contributed by atoms with E-state index in [4.69, 9.17) is 0 Å². The average Bonchev–Trinajstić information content (AvgIpc) is 3.06. The van der Waals surface area contributed by atoms with Crippen molar-refractivity contribution in [2.75, 3.05) is 22.4 Å². The minimum atomic E-state index is -3.61. The zero-order valence-electron chi connectivity index (χ0n) is 16.4. The van der Waals surface area contributed by atoms with E-state index >= 15 is 0 Å². The molecule has 3 aromatic rings. The summed E-state index contributed by atoms with van der Waals surface area (Å²) in [6, 6.07) is 14.4. The summed E-state index contributed by atoms with van der Waals surface area (Å²) in [4.78, 5) is 17.8. The van der Waals surface area contributed by atoms with Crippen LogP contribution >= 0.6 is 11.8 Å². The van der Waals surface area contributed by atoms with Crippen molar-refractivity contribution < 1.29 is 13.2 Å². The molecule has 0 bridgehead atoms. The quantitative estimate of drug-likeness (QED) is 0.622. The van der Waals surface area contributed by atoms with Crippen LogP contribution in [-0.2, 0) is 21.9 Å². The maximum absolute atomic E-state index is 12.5. The van der Waals surface area contributed by atoms with Crippen LogP contribution in [0.5, 0.6) is 0 Å². The number of imidazole rings is 1. The Morgan fingerprint density at radius 2 is 1.86 bits per heavy atom. The molecule has 29 heavy (non-hydrogen) atoms. The number of rotatable bonds is 7. The van der Waals surface area contributed by atoms with E-state index in [-0.39, 0.29) is 6.54 Å². The van der Waals surface area contributed by atoms with Crippen molar-refractivity contribution in [1.29, 1.82) is 0 Å². The first-order chi connectivity index (χ1) is 13.7. The number of hydrogen-bond donors (Lipinski definition) is 1. The van der Waals surface area contributed by atoms with Gasteiger partial charge in [-0.2, -0.15) is 0 Å². The SMILES string of the molecule is Cc1ccccc1N(CC(=O)Nc1ccc(Sc2nccn2C)cc1)S(C)(=O)=O. The van der Waals surface area contributed by atoms with Crippen LogP contribution in [0.25, 0.3) is 0 Å². The second-order valence-electron chi connectivity index (χ2n) is 6.55. The minimum absolute atomic E-state index is 0.298. The summed E-state index contributed by atoms with van der Waals surface area (Å²) >= 11 is 1.51. The van der Waals surface area contributed by atoms with Gasteiger partial charge in [0, 0.05) is 30.0 Å². The summed E-state index contributed by atoms with van der Waals surface area (Å²) in [6.45, 7) is 1.51. The molecule has 7 nitrogen and oxygen atoms in total. The normalized spacial score (nSPS) is 11.3. The zero-order chi connectivity index (χ0) is 21.0. The number of benzene rings is 2. The lowest BCUT2D eigenvalue weighted by molar-refractivity contribution is -0.114. The second-order valence-corrected chi connectivity index (χ2v) is 9.50. The summed E-state index contributed by atoms with van der Waals surface area (Å²) in [5.41, 5.74) is 1.87. The molecule has 0 fully saturated rings. The Labute approximate surface area is 174 Å². The van der Waals surface area contributed by atoms with Gasteiger partial charge in [-0.25, -0.2) is 13.4 Å². The van der Waals surface area contributed by atoms with Crippen molar-refractivity contribution >= 4 is 39.1 Å². The molecular weight excluding hydrogens is 408 g/mol. The number of carbonyl (C=O) groups is 1. The van der Waals surface area contributed by atoms with Crippen molar-refractivity contribution in [2.24, 2.45) is 7.05 Å². The van der Waals surface area contributed by atoms with Crippen LogP contribution in [0.3, 0.4) is 0 Å². The summed E-state index contributed by atoms with van der Waals surface area (Å²) in [6.07, 6.45) is 4.70. The van der Waals surface area contributed by atoms with Crippen LogP contribution in [0, 0.1) is 6.92 Å². The predicted octanol–water partition coefficient (Wildman–Crippen LogP) is 3.28. The molecule has 0 aliphatic rings. The lowest BCUT2D eigenvalue weighted by Crippen LogP contribution is -2.37. The van der Waals surface area contributed by atoms with Crippen molar-refractivity contribution in [3.05, 3.63) is 66.5 Å². The van der Waals surface area contributed by atoms with E-state index < -0.39 is 15.9 Å². The fraction of sp³-hybridized carbons (Fsp3) is 0.200. The topological polar surface area (TPSA) is 84.3 Å². The summed E-state index contributed by atoms with van der Waals surface area (Å²) in [5.74, 6) is -0.414. The standard InChI is InChI=1S/C20H22N4O3S2/c1-15-6-4-5-7-18(15)24(29(3,26)27)14-19(25)22-16-8-10-17(11-9-16)28-20-21-12-13-23(20)2/h4-13H,14H2,1-3H3,(H,22,25). The van der Waals surface area contributed by atoms with E-state index in [2.05, 4.69) is 10.3 Å². The monoisotopic (exact) mass is 430 g/mol. The predicted molar refractivity (Wildman–Crippen MR) is 116 cm³/mol. The van der Waals surface area contributed by atoms with E-state index in [0.717, 1.165) is 26.2 Å². The Morgan fingerprint density at radius 1 is 1.17 bits per heavy atom. The Balaban J connectivity index is 1.69. The number of anilines is 2. The Morgan fingerprint density at radius 3 is 2.45 bits per heavy atom. The molecule has 0 saturated carbocycles. The highest BCUT2D eigenvalue weighted by molar-refractivity contribution is 7.99. The Bertz CT molecular complexity index is 1110. The average molecular weight is 431 g/mol. The Hall–Kier alpha value is -2.78. The highest BCUT2D eigenvalue weighted by atomic mass is 32.2. The second kappa shape index (κ2) is 8.71. The molecule has 0 unspecified atom stereocenters. The number of aromatic nitrogens is 2. The van der Waals surface area contributed by atoms with Gasteiger partial charge in [0.05, 0.1) is 11.9 Å². The fourth-order valence-electron chi connectivity index (χ4n) is 2.72. The number of para-hydroxylation sites is 1. The molecule has 1 N–H and O–H groups in total. The molecule has 0 radical (unpaired) electrons. The number of aryl methyl sites for hydroxylation is 2. The van der Waals surface area contributed by atoms with Crippen LogP contribution in [0.4, 0.5) is 11.4 Å². The third-order valence-corrected chi connectivity index (χ3v) is 6.41. The van der Waals surface area contributed by atoms with Gasteiger partial charge in [0.25, 0.3) is 0 Å². The number of hydrogen-bond acceptors (Lipinski definition) is 5. The van der Waals surface area contributed by atoms with Gasteiger partial charge in [0.15, 0.2) is 5.16 Å². The van der Waals surface area contributed by atoms with Crippen LogP contribution < -0.4 is 9.62 Å². The first kappa shape index (κ1) is 20.9. The largest absolute Gasteiger partial charge is 0.329 e. The summed E-state index contributed by atoms with van der Waals surface area (Å²) < 4.78 is 27.5. The molecule has 0 saturated heterocycles. The van der Waals surface area contributed by atoms with Gasteiger partial charge in [-0.15, -0.1) is 0 Å². The van der Waals surface area contributed by atoms with E-state index in [1.165, 1.54) is 11.8 Å². The van der Waals surface area contributed by atoms with Crippen molar-refractivity contribution in [1.82, 2.24) is 9.55 Å². The molecule has 0 spiro atoms. The molecular formula is C20H22N4O3S2. The first-order valence-electron chi connectivity index (χ1n) is 8.82. The van der Waals surface area contributed by atoms with Crippen LogP contribution in [0.15, 0.2) is 71.0 Å². The maximum atomic E-state index is 12.5. The van der Waals surface area contributed by atoms with Gasteiger partial charge in [0.2, 0.25) is 15.9 Å². The van der Waals surface area contributed by atoms with Gasteiger partial charge in [-0.3, -0.25) is 9.10 Å². The molecule has 1 aromatic heterocycles. The van der Waals surface area contributed by atoms with Crippen LogP contribution in [0.2, 0.25) is 0 Å². The van der Waals surface area contributed by atoms with Crippen LogP contribution in [0.1, 0.15) is 5.56 Å². The number of sulfonamides is 1. The smallest absolute Gasteiger partial charge is 0.245 e. The van der Waals surface area contributed by atoms with E-state index in [1.807, 2.05) is 49.0 Å². The van der Waals surface area contributed by atoms with Crippen molar-refractivity contribution in [3.8, 4) is 0 Å². The molecule has 0 atom stereocenters. The summed E-state index contributed by atoms with van der Waals surface area (Å²) in [5, 5.41) is 3.62. The fourth-order valence-corrected chi connectivity index (χ4v) is 4.43. The molecule has 0 aliphatic heterocycles. The van der Waals surface area contributed by atoms with Gasteiger partial charge in [-0.1, -0.05) is 30.0 Å². The van der Waals surface area contributed by atoms with Crippen LogP contribution in [-0.4, -0.2) is 36.7 Å². The van der Waals surface area contributed by atoms with Crippen molar-refractivity contribution in [3.63, 3.8) is 0 Å². The number of carbonyl (C=O) groups excluding carboxylic acids is 1. The Kier molecular flexibility index (Phi) is 6.29. The highest BCUT2D eigenvalue weighted by Crippen LogP contribution is 2.27. The third-order valence-electron chi connectivity index (χ3n) is 4.20. The highest BCUT2D eigenvalue weighted by Gasteiger charge is 2.22.